The Labute approximate surface area is 183 Å². The molecule has 0 spiro atoms. The van der Waals surface area contributed by atoms with Gasteiger partial charge in [0.05, 0.1) is 11.9 Å². The maximum atomic E-state index is 12.5. The fourth-order valence-corrected chi connectivity index (χ4v) is 3.97. The first kappa shape index (κ1) is 21.1. The predicted molar refractivity (Wildman–Crippen MR) is 125 cm³/mol. The van der Waals surface area contributed by atoms with Crippen molar-refractivity contribution in [3.8, 4) is 0 Å². The second-order valence-electron chi connectivity index (χ2n) is 8.44. The molecule has 2 N–H and O–H groups in total. The zero-order chi connectivity index (χ0) is 21.8. The molecule has 162 valence electrons. The molecule has 31 heavy (non-hydrogen) atoms. The van der Waals surface area contributed by atoms with Crippen LogP contribution < -0.4 is 10.6 Å². The van der Waals surface area contributed by atoms with Crippen LogP contribution in [0.3, 0.4) is 0 Å². The van der Waals surface area contributed by atoms with E-state index in [1.807, 2.05) is 31.3 Å². The van der Waals surface area contributed by atoms with Crippen LogP contribution >= 0.6 is 0 Å². The van der Waals surface area contributed by atoms with E-state index in [1.165, 1.54) is 24.7 Å². The number of hydrogen-bond acceptors (Lipinski definition) is 5. The van der Waals surface area contributed by atoms with Crippen molar-refractivity contribution in [2.75, 3.05) is 30.3 Å². The van der Waals surface area contributed by atoms with Crippen LogP contribution in [0.15, 0.2) is 48.9 Å². The fourth-order valence-electron chi connectivity index (χ4n) is 3.97. The number of hydrogen-bond donors (Lipinski definition) is 2. The molecule has 7 heteroatoms. The first-order chi connectivity index (χ1) is 15.0. The molecular weight excluding hydrogens is 388 g/mol. The van der Waals surface area contributed by atoms with Crippen molar-refractivity contribution < 1.29 is 4.79 Å². The van der Waals surface area contributed by atoms with Crippen LogP contribution in [0.4, 0.5) is 17.2 Å². The van der Waals surface area contributed by atoms with Gasteiger partial charge in [0.1, 0.15) is 11.8 Å². The Hall–Kier alpha value is -3.19. The number of rotatable bonds is 6. The summed E-state index contributed by atoms with van der Waals surface area (Å²) in [4.78, 5) is 19.3. The second-order valence-corrected chi connectivity index (χ2v) is 8.44. The van der Waals surface area contributed by atoms with Gasteiger partial charge >= 0.3 is 0 Å². The van der Waals surface area contributed by atoms with Gasteiger partial charge in [-0.25, -0.2) is 9.50 Å². The summed E-state index contributed by atoms with van der Waals surface area (Å²) in [5.74, 6) is 1.38. The molecule has 0 unspecified atom stereocenters. The first-order valence-electron chi connectivity index (χ1n) is 10.9. The van der Waals surface area contributed by atoms with Crippen LogP contribution in [0.25, 0.3) is 5.52 Å². The monoisotopic (exact) mass is 418 g/mol. The van der Waals surface area contributed by atoms with Gasteiger partial charge in [0.2, 0.25) is 5.91 Å². The number of carbonyl (C=O) groups is 1. The molecule has 0 bridgehead atoms. The molecule has 7 nitrogen and oxygen atoms in total. The smallest absolute Gasteiger partial charge is 0.248 e. The summed E-state index contributed by atoms with van der Waals surface area (Å²) >= 11 is 0. The van der Waals surface area contributed by atoms with E-state index in [0.717, 1.165) is 48.0 Å². The van der Waals surface area contributed by atoms with Crippen molar-refractivity contribution in [1.29, 1.82) is 0 Å². The number of benzene rings is 1. The van der Waals surface area contributed by atoms with Crippen molar-refractivity contribution in [3.63, 3.8) is 0 Å². The highest BCUT2D eigenvalue weighted by molar-refractivity contribution is 6.01. The molecule has 0 saturated carbocycles. The van der Waals surface area contributed by atoms with Gasteiger partial charge in [-0.1, -0.05) is 25.1 Å². The summed E-state index contributed by atoms with van der Waals surface area (Å²) in [6.45, 7) is 9.34. The lowest BCUT2D eigenvalue weighted by Crippen LogP contribution is -2.33. The van der Waals surface area contributed by atoms with Crippen molar-refractivity contribution in [2.45, 2.75) is 33.6 Å². The van der Waals surface area contributed by atoms with Crippen LogP contribution in [0.1, 0.15) is 30.9 Å². The van der Waals surface area contributed by atoms with Gasteiger partial charge in [0, 0.05) is 23.9 Å². The minimum atomic E-state index is -0.134. The van der Waals surface area contributed by atoms with Gasteiger partial charge in [-0.05, 0) is 63.4 Å². The fraction of sp³-hybridized carbons (Fsp3) is 0.375. The summed E-state index contributed by atoms with van der Waals surface area (Å²) in [6.07, 6.45) is 9.37. The normalized spacial score (nSPS) is 15.6. The number of amides is 1. The van der Waals surface area contributed by atoms with Gasteiger partial charge in [-0.15, -0.1) is 0 Å². The van der Waals surface area contributed by atoms with Crippen molar-refractivity contribution in [1.82, 2.24) is 19.5 Å². The van der Waals surface area contributed by atoms with Gasteiger partial charge in [0.25, 0.3) is 0 Å². The second kappa shape index (κ2) is 9.31. The summed E-state index contributed by atoms with van der Waals surface area (Å²) in [5, 5.41) is 10.7. The van der Waals surface area contributed by atoms with E-state index in [1.54, 1.807) is 10.6 Å². The lowest BCUT2D eigenvalue weighted by atomic mass is 9.99. The molecule has 0 aliphatic carbocycles. The highest BCUT2D eigenvalue weighted by Crippen LogP contribution is 2.28. The Kier molecular flexibility index (Phi) is 6.32. The maximum absolute atomic E-state index is 12.5. The number of nitrogens with one attached hydrogen (secondary N) is 2. The highest BCUT2D eigenvalue weighted by atomic mass is 16.1. The summed E-state index contributed by atoms with van der Waals surface area (Å²) in [7, 11) is 0. The minimum absolute atomic E-state index is 0.134. The molecule has 1 saturated heterocycles. The number of carbonyl (C=O) groups excluding carboxylic acids is 1. The van der Waals surface area contributed by atoms with E-state index in [2.05, 4.69) is 51.6 Å². The van der Waals surface area contributed by atoms with E-state index in [9.17, 15) is 4.79 Å². The number of aryl methyl sites for hydroxylation is 2. The molecule has 3 aromatic rings. The summed E-state index contributed by atoms with van der Waals surface area (Å²) < 4.78 is 1.74. The van der Waals surface area contributed by atoms with E-state index in [-0.39, 0.29) is 5.91 Å². The SMILES string of the molecule is Cc1cccc(Nc2ncnn3cc(NC(=O)/C=C/CN4CCC(C)CC4)c(C)c23)c1. The molecule has 1 amide bonds. The Morgan fingerprint density at radius 2 is 2.06 bits per heavy atom. The number of likely N-dealkylation sites (tertiary alicyclic amines) is 1. The van der Waals surface area contributed by atoms with Crippen LogP contribution in [0.5, 0.6) is 0 Å². The number of fused-ring (bicyclic) bond motifs is 1. The average molecular weight is 419 g/mol. The number of piperidine rings is 1. The number of aromatic nitrogens is 3. The summed E-state index contributed by atoms with van der Waals surface area (Å²) in [5.41, 5.74) is 4.62. The Bertz CT molecular complexity index is 1090. The standard InChI is InChI=1S/C24H30N6O/c1-17-9-12-29(13-10-17)11-5-8-22(31)28-21-15-30-23(19(21)3)24(25-16-26-30)27-20-7-4-6-18(2)14-20/h4-8,14-17H,9-13H2,1-3H3,(H,28,31)(H,25,26,27)/b8-5+. The average Bonchev–Trinajstić information content (AvgIpc) is 3.06. The van der Waals surface area contributed by atoms with Crippen molar-refractivity contribution >= 4 is 28.6 Å². The van der Waals surface area contributed by atoms with Gasteiger partial charge in [-0.3, -0.25) is 9.69 Å². The minimum Gasteiger partial charge on any atom is -0.338 e. The van der Waals surface area contributed by atoms with E-state index in [0.29, 0.717) is 5.82 Å². The van der Waals surface area contributed by atoms with Crippen LogP contribution in [0.2, 0.25) is 0 Å². The number of nitrogens with zero attached hydrogens (tertiary/aromatic N) is 4. The topological polar surface area (TPSA) is 74.6 Å². The molecule has 1 aliphatic heterocycles. The first-order valence-corrected chi connectivity index (χ1v) is 10.9. The Morgan fingerprint density at radius 3 is 2.84 bits per heavy atom. The zero-order valence-corrected chi connectivity index (χ0v) is 18.4. The Morgan fingerprint density at radius 1 is 1.26 bits per heavy atom. The summed E-state index contributed by atoms with van der Waals surface area (Å²) in [6, 6.07) is 8.12. The predicted octanol–water partition coefficient (Wildman–Crippen LogP) is 4.32. The van der Waals surface area contributed by atoms with Crippen molar-refractivity contribution in [2.24, 2.45) is 5.92 Å². The highest BCUT2D eigenvalue weighted by Gasteiger charge is 2.15. The third-order valence-corrected chi connectivity index (χ3v) is 5.87. The molecule has 1 aliphatic rings. The molecule has 0 radical (unpaired) electrons. The molecule has 0 atom stereocenters. The quantitative estimate of drug-likeness (QED) is 0.583. The molecular formula is C24H30N6O. The molecule has 2 aromatic heterocycles. The van der Waals surface area contributed by atoms with Gasteiger partial charge in [-0.2, -0.15) is 5.10 Å². The zero-order valence-electron chi connectivity index (χ0n) is 18.4. The third kappa shape index (κ3) is 5.11. The lowest BCUT2D eigenvalue weighted by Gasteiger charge is -2.29. The van der Waals surface area contributed by atoms with Gasteiger partial charge < -0.3 is 10.6 Å². The van der Waals surface area contributed by atoms with Crippen LogP contribution in [0, 0.1) is 19.8 Å². The van der Waals surface area contributed by atoms with E-state index >= 15 is 0 Å². The molecule has 4 rings (SSSR count). The van der Waals surface area contributed by atoms with E-state index in [4.69, 9.17) is 0 Å². The number of anilines is 3. The molecule has 1 fully saturated rings. The largest absolute Gasteiger partial charge is 0.338 e. The lowest BCUT2D eigenvalue weighted by molar-refractivity contribution is -0.111. The van der Waals surface area contributed by atoms with Crippen LogP contribution in [-0.4, -0.2) is 45.0 Å². The molecule has 1 aromatic carbocycles. The van der Waals surface area contributed by atoms with Crippen LogP contribution in [-0.2, 0) is 4.79 Å². The maximum Gasteiger partial charge on any atom is 0.248 e. The van der Waals surface area contributed by atoms with E-state index < -0.39 is 0 Å². The van der Waals surface area contributed by atoms with Crippen molar-refractivity contribution in [3.05, 3.63) is 60.1 Å². The van der Waals surface area contributed by atoms with Gasteiger partial charge in [0.15, 0.2) is 5.82 Å². The Balaban J connectivity index is 1.45. The third-order valence-electron chi connectivity index (χ3n) is 5.87. The molecule has 3 heterocycles.